The number of benzene rings is 3. The number of nitrogens with one attached hydrogen (secondary N) is 1. The fourth-order valence-corrected chi connectivity index (χ4v) is 6.94. The summed E-state index contributed by atoms with van der Waals surface area (Å²) in [4.78, 5) is 32.3. The molecule has 6 rings (SSSR count). The molecule has 0 aliphatic carbocycles. The Balaban J connectivity index is 0.994. The maximum atomic E-state index is 14.3. The molecule has 12 heteroatoms. The third kappa shape index (κ3) is 7.71. The Morgan fingerprint density at radius 1 is 0.894 bits per heavy atom. The van der Waals surface area contributed by atoms with Gasteiger partial charge in [-0.2, -0.15) is 5.26 Å². The second-order valence-corrected chi connectivity index (χ2v) is 14.3. The molecule has 47 heavy (non-hydrogen) atoms. The fourth-order valence-electron chi connectivity index (χ4n) is 6.22. The minimum atomic E-state index is -3.63. The van der Waals surface area contributed by atoms with Crippen molar-refractivity contribution in [1.82, 2.24) is 20.0 Å². The molecule has 10 nitrogen and oxygen atoms in total. The Bertz CT molecular complexity index is 1940. The largest absolute Gasteiger partial charge is 0.451 e. The first-order chi connectivity index (χ1) is 22.6. The van der Waals surface area contributed by atoms with Gasteiger partial charge in [0.1, 0.15) is 16.3 Å². The van der Waals surface area contributed by atoms with Crippen LogP contribution in [0, 0.1) is 17.1 Å². The number of piperidine rings is 1. The summed E-state index contributed by atoms with van der Waals surface area (Å²) in [5.41, 5.74) is 3.51. The molecule has 0 atom stereocenters. The Labute approximate surface area is 273 Å². The molecule has 1 N–H and O–H groups in total. The maximum Gasteiger partial charge on any atom is 0.287 e. The lowest BCUT2D eigenvalue weighted by molar-refractivity contribution is 0.0628. The molecule has 2 aliphatic rings. The quantitative estimate of drug-likeness (QED) is 0.299. The van der Waals surface area contributed by atoms with Gasteiger partial charge < -0.3 is 14.6 Å². The van der Waals surface area contributed by atoms with Gasteiger partial charge in [0.15, 0.2) is 15.6 Å². The first-order valence-corrected chi connectivity index (χ1v) is 17.5. The van der Waals surface area contributed by atoms with Crippen LogP contribution in [0.4, 0.5) is 4.39 Å². The minimum Gasteiger partial charge on any atom is -0.451 e. The summed E-state index contributed by atoms with van der Waals surface area (Å²) in [6, 6.07) is 20.8. The standard InChI is InChI=1S/C35H36FN5O5S/c1-47(44,45)33-9-6-26(18-30(33)36)23-40-14-16-41(17-15-40)35(43)27-7-8-31-28(19-27)20-32(46-31)34(42)38-29-10-12-39(13-11-29)22-25-4-2-24(21-37)3-5-25/h2-9,18-20,29H,10-17,22-23H2,1H3,(H,38,42). The van der Waals surface area contributed by atoms with Gasteiger partial charge in [0.25, 0.3) is 11.8 Å². The van der Waals surface area contributed by atoms with Crippen molar-refractivity contribution in [2.75, 3.05) is 45.5 Å². The average molecular weight is 658 g/mol. The Morgan fingerprint density at radius 2 is 1.55 bits per heavy atom. The van der Waals surface area contributed by atoms with Gasteiger partial charge in [-0.15, -0.1) is 0 Å². The van der Waals surface area contributed by atoms with Crippen molar-refractivity contribution in [3.63, 3.8) is 0 Å². The number of hydrogen-bond donors (Lipinski definition) is 1. The number of furan rings is 1. The zero-order valence-corrected chi connectivity index (χ0v) is 26.9. The van der Waals surface area contributed by atoms with Crippen molar-refractivity contribution >= 4 is 32.6 Å². The number of carbonyl (C=O) groups excluding carboxylic acids is 2. The summed E-state index contributed by atoms with van der Waals surface area (Å²) in [6.07, 6.45) is 2.62. The summed E-state index contributed by atoms with van der Waals surface area (Å²) < 4.78 is 43.6. The predicted octanol–water partition coefficient (Wildman–Crippen LogP) is 4.20. The van der Waals surface area contributed by atoms with E-state index >= 15 is 0 Å². The van der Waals surface area contributed by atoms with Crippen LogP contribution in [-0.2, 0) is 22.9 Å². The van der Waals surface area contributed by atoms with E-state index in [0.29, 0.717) is 60.4 Å². The van der Waals surface area contributed by atoms with E-state index in [-0.39, 0.29) is 28.5 Å². The van der Waals surface area contributed by atoms with Gasteiger partial charge in [0.2, 0.25) is 0 Å². The van der Waals surface area contributed by atoms with Crippen molar-refractivity contribution in [2.24, 2.45) is 0 Å². The van der Waals surface area contributed by atoms with E-state index in [4.69, 9.17) is 9.68 Å². The van der Waals surface area contributed by atoms with E-state index in [9.17, 15) is 22.4 Å². The Morgan fingerprint density at radius 3 is 2.21 bits per heavy atom. The van der Waals surface area contributed by atoms with E-state index in [1.165, 1.54) is 12.1 Å². The molecule has 244 valence electrons. The molecule has 0 spiro atoms. The molecule has 0 bridgehead atoms. The van der Waals surface area contributed by atoms with Crippen molar-refractivity contribution < 1.29 is 26.8 Å². The van der Waals surface area contributed by atoms with Gasteiger partial charge in [-0.3, -0.25) is 19.4 Å². The molecule has 4 aromatic rings. The number of nitrogens with zero attached hydrogens (tertiary/aromatic N) is 4. The average Bonchev–Trinajstić information content (AvgIpc) is 3.49. The van der Waals surface area contributed by atoms with Crippen LogP contribution in [0.3, 0.4) is 0 Å². The number of fused-ring (bicyclic) bond motifs is 1. The highest BCUT2D eigenvalue weighted by Crippen LogP contribution is 2.24. The normalized spacial score (nSPS) is 16.7. The summed E-state index contributed by atoms with van der Waals surface area (Å²) in [5, 5.41) is 12.8. The zero-order valence-electron chi connectivity index (χ0n) is 26.1. The molecule has 2 saturated heterocycles. The lowest BCUT2D eigenvalue weighted by Crippen LogP contribution is -2.48. The van der Waals surface area contributed by atoms with Crippen molar-refractivity contribution in [2.45, 2.75) is 36.9 Å². The van der Waals surface area contributed by atoms with Gasteiger partial charge in [-0.25, -0.2) is 12.8 Å². The van der Waals surface area contributed by atoms with Crippen molar-refractivity contribution in [3.05, 3.63) is 101 Å². The SMILES string of the molecule is CS(=O)(=O)c1ccc(CN2CCN(C(=O)c3ccc4oc(C(=O)NC5CCN(Cc6ccc(C#N)cc6)CC5)cc4c3)CC2)cc1F. The predicted molar refractivity (Wildman–Crippen MR) is 174 cm³/mol. The molecule has 2 fully saturated rings. The van der Waals surface area contributed by atoms with Crippen LogP contribution in [0.15, 0.2) is 76.0 Å². The van der Waals surface area contributed by atoms with E-state index in [1.807, 2.05) is 24.3 Å². The molecule has 3 aromatic carbocycles. The van der Waals surface area contributed by atoms with Crippen LogP contribution in [0.2, 0.25) is 0 Å². The van der Waals surface area contributed by atoms with Crippen LogP contribution < -0.4 is 5.32 Å². The summed E-state index contributed by atoms with van der Waals surface area (Å²) in [6.45, 7) is 5.12. The third-order valence-corrected chi connectivity index (χ3v) is 9.99. The number of carbonyl (C=O) groups is 2. The van der Waals surface area contributed by atoms with Gasteiger partial charge in [0.05, 0.1) is 11.6 Å². The van der Waals surface area contributed by atoms with Crippen LogP contribution in [0.25, 0.3) is 11.0 Å². The van der Waals surface area contributed by atoms with Crippen LogP contribution in [0.1, 0.15) is 50.4 Å². The molecule has 1 aromatic heterocycles. The van der Waals surface area contributed by atoms with E-state index in [0.717, 1.165) is 44.3 Å². The molecular formula is C35H36FN5O5S. The molecule has 3 heterocycles. The summed E-state index contributed by atoms with van der Waals surface area (Å²) in [7, 11) is -3.63. The smallest absolute Gasteiger partial charge is 0.287 e. The van der Waals surface area contributed by atoms with Crippen LogP contribution in [0.5, 0.6) is 0 Å². The second-order valence-electron chi connectivity index (χ2n) is 12.3. The highest BCUT2D eigenvalue weighted by atomic mass is 32.2. The number of rotatable bonds is 8. The van der Waals surface area contributed by atoms with Gasteiger partial charge >= 0.3 is 0 Å². The number of sulfone groups is 1. The van der Waals surface area contributed by atoms with Gasteiger partial charge in [0, 0.05) is 75.6 Å². The monoisotopic (exact) mass is 657 g/mol. The van der Waals surface area contributed by atoms with Gasteiger partial charge in [-0.05, 0) is 72.5 Å². The summed E-state index contributed by atoms with van der Waals surface area (Å²) >= 11 is 0. The molecule has 2 amide bonds. The number of nitriles is 1. The first kappa shape index (κ1) is 32.4. The maximum absolute atomic E-state index is 14.3. The fraction of sp³-hybridized carbons (Fsp3) is 0.343. The number of piperazine rings is 1. The molecule has 0 radical (unpaired) electrons. The number of likely N-dealkylation sites (tertiary alicyclic amines) is 1. The number of halogens is 1. The molecular weight excluding hydrogens is 621 g/mol. The lowest BCUT2D eigenvalue weighted by Gasteiger charge is -2.34. The summed E-state index contributed by atoms with van der Waals surface area (Å²) in [5.74, 6) is -0.942. The Hall–Kier alpha value is -4.57. The van der Waals surface area contributed by atoms with Gasteiger partial charge in [-0.1, -0.05) is 18.2 Å². The first-order valence-electron chi connectivity index (χ1n) is 15.6. The third-order valence-electron chi connectivity index (χ3n) is 8.86. The zero-order chi connectivity index (χ0) is 33.1. The Kier molecular flexibility index (Phi) is 9.40. The highest BCUT2D eigenvalue weighted by molar-refractivity contribution is 7.90. The molecule has 0 saturated carbocycles. The van der Waals surface area contributed by atoms with Crippen LogP contribution >= 0.6 is 0 Å². The topological polar surface area (TPSA) is 127 Å². The molecule has 2 aliphatic heterocycles. The van der Waals surface area contributed by atoms with E-state index in [1.54, 1.807) is 35.2 Å². The number of amides is 2. The van der Waals surface area contributed by atoms with E-state index in [2.05, 4.69) is 21.2 Å². The minimum absolute atomic E-state index is 0.0367. The van der Waals surface area contributed by atoms with Crippen molar-refractivity contribution in [3.8, 4) is 6.07 Å². The van der Waals surface area contributed by atoms with Crippen molar-refractivity contribution in [1.29, 1.82) is 5.26 Å². The number of hydrogen-bond acceptors (Lipinski definition) is 8. The molecule has 0 unspecified atom stereocenters. The lowest BCUT2D eigenvalue weighted by atomic mass is 10.0. The van der Waals surface area contributed by atoms with E-state index < -0.39 is 15.7 Å². The highest BCUT2D eigenvalue weighted by Gasteiger charge is 2.25. The second kappa shape index (κ2) is 13.7. The van der Waals surface area contributed by atoms with Crippen LogP contribution in [-0.4, -0.2) is 86.5 Å².